The van der Waals surface area contributed by atoms with Crippen LogP contribution in [0, 0.1) is 0 Å². The molecule has 0 aliphatic rings. The third-order valence-corrected chi connectivity index (χ3v) is 3.20. The van der Waals surface area contributed by atoms with Gasteiger partial charge in [0, 0.05) is 17.7 Å². The predicted octanol–water partition coefficient (Wildman–Crippen LogP) is 2.50. The van der Waals surface area contributed by atoms with Gasteiger partial charge >= 0.3 is 5.97 Å². The van der Waals surface area contributed by atoms with Crippen molar-refractivity contribution in [2.45, 2.75) is 33.4 Å². The van der Waals surface area contributed by atoms with Crippen molar-refractivity contribution in [1.29, 1.82) is 0 Å². The highest BCUT2D eigenvalue weighted by Gasteiger charge is 2.20. The molecule has 0 aliphatic carbocycles. The van der Waals surface area contributed by atoms with Crippen molar-refractivity contribution in [2.24, 2.45) is 0 Å². The molecule has 7 nitrogen and oxygen atoms in total. The molecule has 0 spiro atoms. The number of ether oxygens (including phenoxy) is 2. The van der Waals surface area contributed by atoms with Crippen molar-refractivity contribution in [3.63, 3.8) is 0 Å². The minimum absolute atomic E-state index is 0.0823. The second-order valence-corrected chi connectivity index (χ2v) is 5.97. The maximum atomic E-state index is 12.0. The Morgan fingerprint density at radius 3 is 2.67 bits per heavy atom. The summed E-state index contributed by atoms with van der Waals surface area (Å²) in [6.45, 7) is 6.74. The molecule has 2 rings (SSSR count). The molecule has 130 valence electrons. The third-order valence-electron chi connectivity index (χ3n) is 3.20. The van der Waals surface area contributed by atoms with Gasteiger partial charge in [0.1, 0.15) is 11.4 Å². The van der Waals surface area contributed by atoms with Crippen LogP contribution >= 0.6 is 0 Å². The zero-order chi connectivity index (χ0) is 17.7. The molecule has 0 atom stereocenters. The number of esters is 1. The topological polar surface area (TPSA) is 80.3 Å². The van der Waals surface area contributed by atoms with E-state index in [1.807, 2.05) is 46.1 Å². The van der Waals surface area contributed by atoms with Crippen LogP contribution in [0.1, 0.15) is 36.8 Å². The fraction of sp³-hybridized carbons (Fsp3) is 0.471. The summed E-state index contributed by atoms with van der Waals surface area (Å²) in [5, 5.41) is 10.5. The van der Waals surface area contributed by atoms with Gasteiger partial charge in [-0.15, -0.1) is 5.10 Å². The van der Waals surface area contributed by atoms with Crippen LogP contribution in [-0.2, 0) is 11.3 Å². The van der Waals surface area contributed by atoms with E-state index in [4.69, 9.17) is 9.47 Å². The Balaban J connectivity index is 2.41. The summed E-state index contributed by atoms with van der Waals surface area (Å²) >= 11 is 0. The summed E-state index contributed by atoms with van der Waals surface area (Å²) in [7, 11) is 3.98. The second kappa shape index (κ2) is 7.92. The average Bonchev–Trinajstić information content (AvgIpc) is 2.98. The number of nitrogens with one attached hydrogen (secondary N) is 1. The van der Waals surface area contributed by atoms with Gasteiger partial charge in [-0.3, -0.25) is 0 Å². The molecule has 0 fully saturated rings. The number of carbonyl (C=O) groups is 1. The molecule has 0 aliphatic heterocycles. The molecule has 1 heterocycles. The highest BCUT2D eigenvalue weighted by atomic mass is 16.5. The van der Waals surface area contributed by atoms with Crippen molar-refractivity contribution in [1.82, 2.24) is 20.3 Å². The molecule has 0 radical (unpaired) electrons. The molecule has 0 unspecified atom stereocenters. The summed E-state index contributed by atoms with van der Waals surface area (Å²) in [6, 6.07) is 5.74. The van der Waals surface area contributed by atoms with Crippen LogP contribution in [-0.4, -0.2) is 53.1 Å². The SMILES string of the molecule is CCOC(=O)c1n[nH]nc1-c1ccc(OC(C)C)c(CN(C)C)c1. The lowest BCUT2D eigenvalue weighted by atomic mass is 10.0. The van der Waals surface area contributed by atoms with Crippen LogP contribution in [0.5, 0.6) is 5.75 Å². The number of H-pyrrole nitrogens is 1. The molecule has 0 amide bonds. The van der Waals surface area contributed by atoms with E-state index >= 15 is 0 Å². The second-order valence-electron chi connectivity index (χ2n) is 5.97. The van der Waals surface area contributed by atoms with Crippen LogP contribution in [0.4, 0.5) is 0 Å². The van der Waals surface area contributed by atoms with Crippen LogP contribution in [0.15, 0.2) is 18.2 Å². The molecule has 0 bridgehead atoms. The highest BCUT2D eigenvalue weighted by molar-refractivity contribution is 5.94. The monoisotopic (exact) mass is 332 g/mol. The first-order chi connectivity index (χ1) is 11.4. The maximum absolute atomic E-state index is 12.0. The molecule has 0 saturated heterocycles. The lowest BCUT2D eigenvalue weighted by molar-refractivity contribution is 0.0520. The zero-order valence-corrected chi connectivity index (χ0v) is 14.8. The predicted molar refractivity (Wildman–Crippen MR) is 90.9 cm³/mol. The molecule has 2 aromatic rings. The van der Waals surface area contributed by atoms with E-state index in [0.717, 1.165) is 16.9 Å². The summed E-state index contributed by atoms with van der Waals surface area (Å²) in [5.74, 6) is 0.335. The Morgan fingerprint density at radius 2 is 2.04 bits per heavy atom. The quantitative estimate of drug-likeness (QED) is 0.785. The Bertz CT molecular complexity index is 695. The van der Waals surface area contributed by atoms with E-state index in [2.05, 4.69) is 20.3 Å². The highest BCUT2D eigenvalue weighted by Crippen LogP contribution is 2.28. The first-order valence-corrected chi connectivity index (χ1v) is 7.95. The molecular weight excluding hydrogens is 308 g/mol. The number of aromatic amines is 1. The minimum atomic E-state index is -0.488. The number of aromatic nitrogens is 3. The van der Waals surface area contributed by atoms with Gasteiger partial charge in [-0.1, -0.05) is 0 Å². The van der Waals surface area contributed by atoms with Crippen molar-refractivity contribution < 1.29 is 14.3 Å². The summed E-state index contributed by atoms with van der Waals surface area (Å²) < 4.78 is 10.9. The molecule has 7 heteroatoms. The Morgan fingerprint density at radius 1 is 1.29 bits per heavy atom. The molecule has 24 heavy (non-hydrogen) atoms. The van der Waals surface area contributed by atoms with E-state index in [1.165, 1.54) is 0 Å². The molecule has 1 N–H and O–H groups in total. The van der Waals surface area contributed by atoms with E-state index < -0.39 is 5.97 Å². The van der Waals surface area contributed by atoms with Crippen LogP contribution in [0.2, 0.25) is 0 Å². The molecule has 0 saturated carbocycles. The van der Waals surface area contributed by atoms with Crippen LogP contribution in [0.25, 0.3) is 11.3 Å². The van der Waals surface area contributed by atoms with Gasteiger partial charge in [0.15, 0.2) is 5.69 Å². The first kappa shape index (κ1) is 17.9. The van der Waals surface area contributed by atoms with Gasteiger partial charge in [0.2, 0.25) is 0 Å². The number of hydrogen-bond acceptors (Lipinski definition) is 6. The minimum Gasteiger partial charge on any atom is -0.491 e. The smallest absolute Gasteiger partial charge is 0.361 e. The number of carbonyl (C=O) groups excluding carboxylic acids is 1. The molecule has 1 aromatic carbocycles. The lowest BCUT2D eigenvalue weighted by Gasteiger charge is -2.18. The third kappa shape index (κ3) is 4.32. The lowest BCUT2D eigenvalue weighted by Crippen LogP contribution is -2.14. The first-order valence-electron chi connectivity index (χ1n) is 7.95. The number of nitrogens with zero attached hydrogens (tertiary/aromatic N) is 3. The summed E-state index contributed by atoms with van der Waals surface area (Å²) in [5.41, 5.74) is 2.47. The summed E-state index contributed by atoms with van der Waals surface area (Å²) in [6.07, 6.45) is 0.0823. The Hall–Kier alpha value is -2.41. The van der Waals surface area contributed by atoms with Gasteiger partial charge in [-0.2, -0.15) is 10.3 Å². The zero-order valence-electron chi connectivity index (χ0n) is 14.8. The number of rotatable bonds is 7. The van der Waals surface area contributed by atoms with Crippen molar-refractivity contribution >= 4 is 5.97 Å². The van der Waals surface area contributed by atoms with Crippen molar-refractivity contribution in [3.8, 4) is 17.0 Å². The normalized spacial score (nSPS) is 11.1. The van der Waals surface area contributed by atoms with Crippen LogP contribution in [0.3, 0.4) is 0 Å². The molecule has 1 aromatic heterocycles. The fourth-order valence-corrected chi connectivity index (χ4v) is 2.33. The van der Waals surface area contributed by atoms with Crippen LogP contribution < -0.4 is 4.74 Å². The van der Waals surface area contributed by atoms with Crippen molar-refractivity contribution in [2.75, 3.05) is 20.7 Å². The summed E-state index contributed by atoms with van der Waals surface area (Å²) in [4.78, 5) is 14.1. The van der Waals surface area contributed by atoms with Gasteiger partial charge < -0.3 is 14.4 Å². The van der Waals surface area contributed by atoms with Gasteiger partial charge in [-0.25, -0.2) is 4.79 Å². The van der Waals surface area contributed by atoms with Gasteiger partial charge in [0.25, 0.3) is 0 Å². The van der Waals surface area contributed by atoms with E-state index in [9.17, 15) is 4.79 Å². The molecular formula is C17H24N4O3. The fourth-order valence-electron chi connectivity index (χ4n) is 2.33. The Kier molecular flexibility index (Phi) is 5.92. The largest absolute Gasteiger partial charge is 0.491 e. The van der Waals surface area contributed by atoms with E-state index in [-0.39, 0.29) is 18.4 Å². The number of benzene rings is 1. The van der Waals surface area contributed by atoms with Crippen molar-refractivity contribution in [3.05, 3.63) is 29.5 Å². The number of hydrogen-bond donors (Lipinski definition) is 1. The van der Waals surface area contributed by atoms with E-state index in [1.54, 1.807) is 6.92 Å². The maximum Gasteiger partial charge on any atom is 0.361 e. The standard InChI is InChI=1S/C17H24N4O3/c1-6-23-17(22)16-15(18-20-19-16)12-7-8-14(24-11(2)3)13(9-12)10-21(4)5/h7-9,11H,6,10H2,1-5H3,(H,18,19,20). The average molecular weight is 332 g/mol. The van der Waals surface area contributed by atoms with E-state index in [0.29, 0.717) is 12.2 Å². The van der Waals surface area contributed by atoms with Gasteiger partial charge in [-0.05, 0) is 53.1 Å². The van der Waals surface area contributed by atoms with Gasteiger partial charge in [0.05, 0.1) is 12.7 Å². The Labute approximate surface area is 142 Å².